The molecule has 0 aliphatic heterocycles. The molecule has 4 heteroatoms. The van der Waals surface area contributed by atoms with E-state index in [1.54, 1.807) is 0 Å². The molecule has 0 radical (unpaired) electrons. The zero-order chi connectivity index (χ0) is 13.4. The summed E-state index contributed by atoms with van der Waals surface area (Å²) in [6.07, 6.45) is 0.964. The Morgan fingerprint density at radius 3 is 2.67 bits per heavy atom. The molecule has 0 spiro atoms. The van der Waals surface area contributed by atoms with E-state index in [9.17, 15) is 4.79 Å². The Labute approximate surface area is 109 Å². The van der Waals surface area contributed by atoms with Gasteiger partial charge in [0, 0.05) is 18.8 Å². The Hall–Kier alpha value is -1.55. The van der Waals surface area contributed by atoms with Crippen molar-refractivity contribution in [3.63, 3.8) is 0 Å². The lowest BCUT2D eigenvalue weighted by Crippen LogP contribution is -2.35. The van der Waals surface area contributed by atoms with Crippen LogP contribution in [-0.4, -0.2) is 44.5 Å². The average molecular weight is 249 g/mol. The Morgan fingerprint density at radius 1 is 1.28 bits per heavy atom. The molecule has 0 aliphatic rings. The van der Waals surface area contributed by atoms with Gasteiger partial charge in [-0.05, 0) is 32.1 Å². The number of hydrogen-bond acceptors (Lipinski definition) is 3. The topological polar surface area (TPSA) is 44.4 Å². The summed E-state index contributed by atoms with van der Waals surface area (Å²) in [6, 6.07) is 8.07. The minimum Gasteiger partial charge on any atom is -0.376 e. The van der Waals surface area contributed by atoms with Crippen LogP contribution in [0.15, 0.2) is 24.3 Å². The van der Waals surface area contributed by atoms with Crippen LogP contribution in [0.25, 0.3) is 0 Å². The highest BCUT2D eigenvalue weighted by molar-refractivity contribution is 5.80. The molecule has 0 atom stereocenters. The van der Waals surface area contributed by atoms with Gasteiger partial charge in [-0.2, -0.15) is 0 Å². The molecule has 0 saturated carbocycles. The molecule has 4 nitrogen and oxygen atoms in total. The third-order valence-corrected chi connectivity index (χ3v) is 2.72. The second-order valence-electron chi connectivity index (χ2n) is 4.52. The molecule has 18 heavy (non-hydrogen) atoms. The van der Waals surface area contributed by atoms with Crippen molar-refractivity contribution in [2.24, 2.45) is 0 Å². The van der Waals surface area contributed by atoms with Crippen molar-refractivity contribution < 1.29 is 4.79 Å². The average Bonchev–Trinajstić information content (AvgIpc) is 2.36. The van der Waals surface area contributed by atoms with Crippen LogP contribution < -0.4 is 10.6 Å². The Morgan fingerprint density at radius 2 is 2.00 bits per heavy atom. The highest BCUT2D eigenvalue weighted by Gasteiger charge is 2.03. The molecular formula is C14H23N3O. The molecule has 0 heterocycles. The van der Waals surface area contributed by atoms with Gasteiger partial charge in [0.25, 0.3) is 0 Å². The molecule has 1 amide bonds. The van der Waals surface area contributed by atoms with Crippen LogP contribution in [0.3, 0.4) is 0 Å². The van der Waals surface area contributed by atoms with Gasteiger partial charge >= 0.3 is 0 Å². The largest absolute Gasteiger partial charge is 0.376 e. The number of nitrogens with one attached hydrogen (secondary N) is 2. The van der Waals surface area contributed by atoms with Gasteiger partial charge in [-0.15, -0.1) is 0 Å². The molecule has 1 aromatic carbocycles. The highest BCUT2D eigenvalue weighted by Crippen LogP contribution is 2.14. The van der Waals surface area contributed by atoms with Crippen LogP contribution in [0.1, 0.15) is 12.5 Å². The Kier molecular flexibility index (Phi) is 6.22. The van der Waals surface area contributed by atoms with Gasteiger partial charge in [-0.1, -0.05) is 25.1 Å². The predicted octanol–water partition coefficient (Wildman–Crippen LogP) is 1.34. The maximum absolute atomic E-state index is 11.6. The second kappa shape index (κ2) is 7.71. The molecule has 0 aliphatic carbocycles. The molecule has 1 rings (SSSR count). The van der Waals surface area contributed by atoms with Gasteiger partial charge in [-0.3, -0.25) is 4.79 Å². The third-order valence-electron chi connectivity index (χ3n) is 2.72. The van der Waals surface area contributed by atoms with E-state index in [4.69, 9.17) is 0 Å². The first kappa shape index (κ1) is 14.5. The van der Waals surface area contributed by atoms with Crippen molar-refractivity contribution in [3.8, 4) is 0 Å². The summed E-state index contributed by atoms with van der Waals surface area (Å²) in [4.78, 5) is 13.6. The number of carbonyl (C=O) groups is 1. The molecule has 0 fully saturated rings. The molecule has 1 aromatic rings. The Balaban J connectivity index is 2.33. The van der Waals surface area contributed by atoms with Crippen molar-refractivity contribution in [2.75, 3.05) is 39.0 Å². The Bertz CT molecular complexity index is 377. The SMILES string of the molecule is CCc1ccccc1NCC(=O)NCCN(C)C. The number of anilines is 1. The molecule has 100 valence electrons. The lowest BCUT2D eigenvalue weighted by Gasteiger charge is -2.12. The molecule has 0 unspecified atom stereocenters. The fourth-order valence-electron chi connectivity index (χ4n) is 1.66. The van der Waals surface area contributed by atoms with Crippen molar-refractivity contribution >= 4 is 11.6 Å². The van der Waals surface area contributed by atoms with Crippen LogP contribution in [0, 0.1) is 0 Å². The molecule has 0 bridgehead atoms. The van der Waals surface area contributed by atoms with Crippen molar-refractivity contribution in [1.29, 1.82) is 0 Å². The van der Waals surface area contributed by atoms with E-state index in [0.717, 1.165) is 18.7 Å². The van der Waals surface area contributed by atoms with Crippen LogP contribution in [0.5, 0.6) is 0 Å². The highest BCUT2D eigenvalue weighted by atomic mass is 16.1. The zero-order valence-electron chi connectivity index (χ0n) is 11.5. The monoisotopic (exact) mass is 249 g/mol. The predicted molar refractivity (Wildman–Crippen MR) is 75.9 cm³/mol. The standard InChI is InChI=1S/C14H23N3O/c1-4-12-7-5-6-8-13(12)16-11-14(18)15-9-10-17(2)3/h5-8,16H,4,9-11H2,1-3H3,(H,15,18). The fourth-order valence-corrected chi connectivity index (χ4v) is 1.66. The summed E-state index contributed by atoms with van der Waals surface area (Å²) in [7, 11) is 3.98. The molecular weight excluding hydrogens is 226 g/mol. The number of rotatable bonds is 7. The fraction of sp³-hybridized carbons (Fsp3) is 0.500. The van der Waals surface area contributed by atoms with Gasteiger partial charge in [0.05, 0.1) is 6.54 Å². The summed E-state index contributed by atoms with van der Waals surface area (Å²) in [5, 5.41) is 6.06. The zero-order valence-corrected chi connectivity index (χ0v) is 11.5. The summed E-state index contributed by atoms with van der Waals surface area (Å²) in [5.41, 5.74) is 2.28. The number of nitrogens with zero attached hydrogens (tertiary/aromatic N) is 1. The van der Waals surface area contributed by atoms with Crippen LogP contribution in [0.2, 0.25) is 0 Å². The number of para-hydroxylation sites is 1. The summed E-state index contributed by atoms with van der Waals surface area (Å²) >= 11 is 0. The van der Waals surface area contributed by atoms with E-state index in [1.807, 2.05) is 37.2 Å². The number of amides is 1. The van der Waals surface area contributed by atoms with Gasteiger partial charge in [0.2, 0.25) is 5.91 Å². The quantitative estimate of drug-likeness (QED) is 0.766. The summed E-state index contributed by atoms with van der Waals surface area (Å²) < 4.78 is 0. The number of likely N-dealkylation sites (N-methyl/N-ethyl adjacent to an activating group) is 1. The molecule has 0 aromatic heterocycles. The van der Waals surface area contributed by atoms with Crippen LogP contribution >= 0.6 is 0 Å². The lowest BCUT2D eigenvalue weighted by atomic mass is 10.1. The molecule has 0 saturated heterocycles. The third kappa shape index (κ3) is 5.19. The van der Waals surface area contributed by atoms with E-state index in [2.05, 4.69) is 23.6 Å². The van der Waals surface area contributed by atoms with E-state index in [-0.39, 0.29) is 5.91 Å². The maximum atomic E-state index is 11.6. The normalized spacial score (nSPS) is 10.4. The number of carbonyl (C=O) groups excluding carboxylic acids is 1. The minimum absolute atomic E-state index is 0.0303. The van der Waals surface area contributed by atoms with Crippen LogP contribution in [0.4, 0.5) is 5.69 Å². The first-order valence-corrected chi connectivity index (χ1v) is 6.36. The van der Waals surface area contributed by atoms with E-state index < -0.39 is 0 Å². The van der Waals surface area contributed by atoms with Crippen molar-refractivity contribution in [3.05, 3.63) is 29.8 Å². The van der Waals surface area contributed by atoms with E-state index >= 15 is 0 Å². The lowest BCUT2D eigenvalue weighted by molar-refractivity contribution is -0.119. The number of benzene rings is 1. The van der Waals surface area contributed by atoms with Crippen molar-refractivity contribution in [1.82, 2.24) is 10.2 Å². The smallest absolute Gasteiger partial charge is 0.239 e. The van der Waals surface area contributed by atoms with Crippen molar-refractivity contribution in [2.45, 2.75) is 13.3 Å². The van der Waals surface area contributed by atoms with E-state index in [0.29, 0.717) is 13.1 Å². The van der Waals surface area contributed by atoms with Gasteiger partial charge in [0.1, 0.15) is 0 Å². The van der Waals surface area contributed by atoms with Gasteiger partial charge in [-0.25, -0.2) is 0 Å². The first-order valence-electron chi connectivity index (χ1n) is 6.36. The van der Waals surface area contributed by atoms with E-state index in [1.165, 1.54) is 5.56 Å². The number of aryl methyl sites for hydroxylation is 1. The molecule has 2 N–H and O–H groups in total. The maximum Gasteiger partial charge on any atom is 0.239 e. The first-order chi connectivity index (χ1) is 8.63. The van der Waals surface area contributed by atoms with Gasteiger partial charge in [0.15, 0.2) is 0 Å². The summed E-state index contributed by atoms with van der Waals surface area (Å²) in [6.45, 7) is 3.97. The van der Waals surface area contributed by atoms with Crippen LogP contribution in [-0.2, 0) is 11.2 Å². The number of hydrogen-bond donors (Lipinski definition) is 2. The summed E-state index contributed by atoms with van der Waals surface area (Å²) in [5.74, 6) is 0.0303. The minimum atomic E-state index is 0.0303. The van der Waals surface area contributed by atoms with Gasteiger partial charge < -0.3 is 15.5 Å². The second-order valence-corrected chi connectivity index (χ2v) is 4.52.